The van der Waals surface area contributed by atoms with Gasteiger partial charge in [-0.05, 0) is 44.7 Å². The van der Waals surface area contributed by atoms with Gasteiger partial charge in [-0.2, -0.15) is 0 Å². The Bertz CT molecular complexity index is 1040. The Morgan fingerprint density at radius 3 is 2.53 bits per heavy atom. The third-order valence-electron chi connectivity index (χ3n) is 6.04. The van der Waals surface area contributed by atoms with E-state index in [2.05, 4.69) is 61.6 Å². The Hall–Kier alpha value is -2.50. The van der Waals surface area contributed by atoms with Crippen LogP contribution in [0.15, 0.2) is 48.5 Å². The fourth-order valence-corrected chi connectivity index (χ4v) is 5.30. The van der Waals surface area contributed by atoms with Gasteiger partial charge in [0.05, 0.1) is 5.69 Å². The number of hydrogen-bond donors (Lipinski definition) is 1. The van der Waals surface area contributed by atoms with Crippen LogP contribution in [0.4, 0.5) is 0 Å². The lowest BCUT2D eigenvalue weighted by molar-refractivity contribution is 0.0487. The largest absolute Gasteiger partial charge is 0.381 e. The monoisotopic (exact) mass is 420 g/mol. The van der Waals surface area contributed by atoms with Crippen LogP contribution in [-0.4, -0.2) is 30.6 Å². The summed E-state index contributed by atoms with van der Waals surface area (Å²) in [5.74, 6) is -0.0391. The number of aryl methyl sites for hydroxylation is 3. The molecule has 0 radical (unpaired) electrons. The summed E-state index contributed by atoms with van der Waals surface area (Å²) >= 11 is 1.47. The molecule has 0 spiro atoms. The number of aromatic nitrogens is 1. The minimum Gasteiger partial charge on any atom is -0.381 e. The molecule has 1 fully saturated rings. The Kier molecular flexibility index (Phi) is 6.02. The normalized spacial score (nSPS) is 15.7. The lowest BCUT2D eigenvalue weighted by atomic mass is 9.74. The summed E-state index contributed by atoms with van der Waals surface area (Å²) < 4.78 is 5.61. The topological polar surface area (TPSA) is 51.2 Å². The first kappa shape index (κ1) is 20.8. The molecule has 1 aliphatic rings. The summed E-state index contributed by atoms with van der Waals surface area (Å²) in [5, 5.41) is 4.12. The molecule has 4 nitrogen and oxygen atoms in total. The van der Waals surface area contributed by atoms with E-state index in [0.717, 1.165) is 42.3 Å². The van der Waals surface area contributed by atoms with E-state index in [1.54, 1.807) is 0 Å². The second-order valence-corrected chi connectivity index (χ2v) is 9.19. The molecule has 0 bridgehead atoms. The zero-order chi connectivity index (χ0) is 21.1. The summed E-state index contributed by atoms with van der Waals surface area (Å²) in [5.41, 5.74) is 5.48. The number of nitrogens with one attached hydrogen (secondary N) is 1. The standard InChI is InChI=1S/C25H28N2O2S/c1-17-9-10-21(18(2)15-17)24-27-19(3)22(30-24)23(28)26-16-25(11-13-29-14-12-25)20-7-5-4-6-8-20/h4-10,15H,11-14,16H2,1-3H3,(H,26,28). The van der Waals surface area contributed by atoms with Gasteiger partial charge in [-0.3, -0.25) is 4.79 Å². The number of carbonyl (C=O) groups is 1. The molecule has 0 unspecified atom stereocenters. The molecular formula is C25H28N2O2S. The third kappa shape index (κ3) is 4.18. The van der Waals surface area contributed by atoms with Crippen molar-refractivity contribution in [1.29, 1.82) is 0 Å². The minimum atomic E-state index is -0.0792. The number of carbonyl (C=O) groups excluding carboxylic acids is 1. The van der Waals surface area contributed by atoms with Crippen LogP contribution >= 0.6 is 11.3 Å². The van der Waals surface area contributed by atoms with E-state index in [1.807, 2.05) is 13.0 Å². The molecule has 156 valence electrons. The first-order valence-electron chi connectivity index (χ1n) is 10.4. The Morgan fingerprint density at radius 2 is 1.83 bits per heavy atom. The molecule has 1 aromatic heterocycles. The fourth-order valence-electron chi connectivity index (χ4n) is 4.23. The highest BCUT2D eigenvalue weighted by molar-refractivity contribution is 7.17. The van der Waals surface area contributed by atoms with Crippen molar-refractivity contribution in [2.24, 2.45) is 0 Å². The van der Waals surface area contributed by atoms with Gasteiger partial charge >= 0.3 is 0 Å². The Morgan fingerprint density at radius 1 is 1.10 bits per heavy atom. The van der Waals surface area contributed by atoms with Gasteiger partial charge in [-0.1, -0.05) is 54.1 Å². The van der Waals surface area contributed by atoms with E-state index in [1.165, 1.54) is 28.0 Å². The van der Waals surface area contributed by atoms with Crippen LogP contribution in [0, 0.1) is 20.8 Å². The van der Waals surface area contributed by atoms with Crippen LogP contribution in [0.3, 0.4) is 0 Å². The smallest absolute Gasteiger partial charge is 0.263 e. The summed E-state index contributed by atoms with van der Waals surface area (Å²) in [7, 11) is 0. The van der Waals surface area contributed by atoms with Crippen LogP contribution in [0.1, 0.15) is 44.9 Å². The van der Waals surface area contributed by atoms with Crippen molar-refractivity contribution in [2.75, 3.05) is 19.8 Å². The van der Waals surface area contributed by atoms with Gasteiger partial charge in [-0.15, -0.1) is 11.3 Å². The van der Waals surface area contributed by atoms with Crippen LogP contribution in [0.25, 0.3) is 10.6 Å². The summed E-state index contributed by atoms with van der Waals surface area (Å²) in [6, 6.07) is 16.8. The predicted molar refractivity (Wildman–Crippen MR) is 122 cm³/mol. The molecular weight excluding hydrogens is 392 g/mol. The second-order valence-electron chi connectivity index (χ2n) is 8.19. The van der Waals surface area contributed by atoms with E-state index in [4.69, 9.17) is 9.72 Å². The lowest BCUT2D eigenvalue weighted by Gasteiger charge is -2.38. The van der Waals surface area contributed by atoms with Gasteiger partial charge in [0.15, 0.2) is 0 Å². The second kappa shape index (κ2) is 8.70. The van der Waals surface area contributed by atoms with Crippen molar-refractivity contribution in [3.8, 4) is 10.6 Å². The van der Waals surface area contributed by atoms with Crippen molar-refractivity contribution in [3.05, 3.63) is 75.8 Å². The maximum absolute atomic E-state index is 13.1. The molecule has 30 heavy (non-hydrogen) atoms. The summed E-state index contributed by atoms with van der Waals surface area (Å²) in [6.45, 7) is 8.15. The van der Waals surface area contributed by atoms with Crippen LogP contribution in [0.2, 0.25) is 0 Å². The van der Waals surface area contributed by atoms with Crippen molar-refractivity contribution < 1.29 is 9.53 Å². The Labute approximate surface area is 182 Å². The number of hydrogen-bond acceptors (Lipinski definition) is 4. The quantitative estimate of drug-likeness (QED) is 0.616. The highest BCUT2D eigenvalue weighted by atomic mass is 32.1. The van der Waals surface area contributed by atoms with Crippen molar-refractivity contribution in [2.45, 2.75) is 39.0 Å². The fraction of sp³-hybridized carbons (Fsp3) is 0.360. The number of thiazole rings is 1. The number of benzene rings is 2. The molecule has 0 saturated carbocycles. The third-order valence-corrected chi connectivity index (χ3v) is 7.23. The molecule has 4 rings (SSSR count). The molecule has 1 amide bonds. The van der Waals surface area contributed by atoms with Crippen LogP contribution in [0.5, 0.6) is 0 Å². The van der Waals surface area contributed by atoms with Crippen LogP contribution < -0.4 is 5.32 Å². The molecule has 1 N–H and O–H groups in total. The van der Waals surface area contributed by atoms with Crippen molar-refractivity contribution in [1.82, 2.24) is 10.3 Å². The number of rotatable bonds is 5. The minimum absolute atomic E-state index is 0.0391. The molecule has 0 aliphatic carbocycles. The Balaban J connectivity index is 1.54. The van der Waals surface area contributed by atoms with E-state index in [9.17, 15) is 4.79 Å². The van der Waals surface area contributed by atoms with Gasteiger partial charge in [0, 0.05) is 30.7 Å². The maximum Gasteiger partial charge on any atom is 0.263 e. The van der Waals surface area contributed by atoms with Gasteiger partial charge in [0.25, 0.3) is 5.91 Å². The lowest BCUT2D eigenvalue weighted by Crippen LogP contribution is -2.44. The first-order valence-corrected chi connectivity index (χ1v) is 11.3. The zero-order valence-corrected chi connectivity index (χ0v) is 18.6. The molecule has 1 aliphatic heterocycles. The average Bonchev–Trinajstić information content (AvgIpc) is 3.14. The van der Waals surface area contributed by atoms with Crippen LogP contribution in [-0.2, 0) is 10.2 Å². The molecule has 0 atom stereocenters. The highest BCUT2D eigenvalue weighted by Gasteiger charge is 2.35. The van der Waals surface area contributed by atoms with E-state index in [0.29, 0.717) is 11.4 Å². The molecule has 1 saturated heterocycles. The van der Waals surface area contributed by atoms with Gasteiger partial charge in [-0.25, -0.2) is 4.98 Å². The molecule has 3 aromatic rings. The molecule has 5 heteroatoms. The van der Waals surface area contributed by atoms with Gasteiger partial charge in [0.2, 0.25) is 0 Å². The summed E-state index contributed by atoms with van der Waals surface area (Å²) in [4.78, 5) is 18.5. The molecule has 2 heterocycles. The van der Waals surface area contributed by atoms with E-state index >= 15 is 0 Å². The average molecular weight is 421 g/mol. The van der Waals surface area contributed by atoms with E-state index < -0.39 is 0 Å². The zero-order valence-electron chi connectivity index (χ0n) is 17.8. The molecule has 2 aromatic carbocycles. The van der Waals surface area contributed by atoms with Crippen molar-refractivity contribution in [3.63, 3.8) is 0 Å². The van der Waals surface area contributed by atoms with Gasteiger partial charge in [0.1, 0.15) is 9.88 Å². The van der Waals surface area contributed by atoms with E-state index in [-0.39, 0.29) is 11.3 Å². The van der Waals surface area contributed by atoms with Crippen molar-refractivity contribution >= 4 is 17.2 Å². The first-order chi connectivity index (χ1) is 14.5. The number of nitrogens with zero attached hydrogens (tertiary/aromatic N) is 1. The SMILES string of the molecule is Cc1ccc(-c2nc(C)c(C(=O)NCC3(c4ccccc4)CCOCC3)s2)c(C)c1. The highest BCUT2D eigenvalue weighted by Crippen LogP contribution is 2.35. The number of amides is 1. The summed E-state index contributed by atoms with van der Waals surface area (Å²) in [6.07, 6.45) is 1.82. The maximum atomic E-state index is 13.1. The predicted octanol–water partition coefficient (Wildman–Crippen LogP) is 5.21. The number of ether oxygens (including phenoxy) is 1. The van der Waals surface area contributed by atoms with Gasteiger partial charge < -0.3 is 10.1 Å².